The van der Waals surface area contributed by atoms with Crippen molar-refractivity contribution in [2.24, 2.45) is 0 Å². The van der Waals surface area contributed by atoms with E-state index in [1.165, 1.54) is 0 Å². The van der Waals surface area contributed by atoms with Crippen LogP contribution >= 0.6 is 39.1 Å². The Kier molecular flexibility index (Phi) is 3.64. The first-order valence-corrected chi connectivity index (χ1v) is 7.74. The van der Waals surface area contributed by atoms with Gasteiger partial charge in [-0.2, -0.15) is 0 Å². The minimum Gasteiger partial charge on any atom is -0.435 e. The van der Waals surface area contributed by atoms with Crippen LogP contribution in [0, 0.1) is 13.8 Å². The maximum Gasteiger partial charge on any atom is 0.228 e. The molecule has 1 aromatic heterocycles. The molecule has 0 amide bonds. The molecule has 0 radical (unpaired) electrons. The Morgan fingerprint density at radius 1 is 1.14 bits per heavy atom. The van der Waals surface area contributed by atoms with E-state index in [0.29, 0.717) is 32.8 Å². The Bertz CT molecular complexity index is 874. The molecule has 3 nitrogen and oxygen atoms in total. The number of hydrogen-bond donors (Lipinski definition) is 1. The van der Waals surface area contributed by atoms with Crippen molar-refractivity contribution in [3.8, 4) is 11.5 Å². The van der Waals surface area contributed by atoms with Crippen molar-refractivity contribution in [3.05, 3.63) is 43.8 Å². The van der Waals surface area contributed by atoms with Gasteiger partial charge in [-0.1, -0.05) is 23.2 Å². The summed E-state index contributed by atoms with van der Waals surface area (Å²) in [7, 11) is 0. The van der Waals surface area contributed by atoms with E-state index in [9.17, 15) is 0 Å². The van der Waals surface area contributed by atoms with Crippen LogP contribution in [0.5, 0.6) is 0 Å². The van der Waals surface area contributed by atoms with Crippen molar-refractivity contribution in [3.63, 3.8) is 0 Å². The highest BCUT2D eigenvalue weighted by Gasteiger charge is 2.17. The van der Waals surface area contributed by atoms with E-state index in [1.54, 1.807) is 12.1 Å². The van der Waals surface area contributed by atoms with Crippen molar-refractivity contribution < 1.29 is 4.42 Å². The largest absolute Gasteiger partial charge is 0.435 e. The summed E-state index contributed by atoms with van der Waals surface area (Å²) in [4.78, 5) is 4.50. The third-order valence-electron chi connectivity index (χ3n) is 3.44. The summed E-state index contributed by atoms with van der Waals surface area (Å²) in [5, 5.41) is 0.859. The second kappa shape index (κ2) is 5.20. The number of oxazole rings is 1. The zero-order chi connectivity index (χ0) is 15.3. The van der Waals surface area contributed by atoms with Gasteiger partial charge < -0.3 is 10.2 Å². The number of nitrogens with zero attached hydrogens (tertiary/aromatic N) is 1. The van der Waals surface area contributed by atoms with Gasteiger partial charge in [0.2, 0.25) is 5.89 Å². The van der Waals surface area contributed by atoms with Gasteiger partial charge in [0, 0.05) is 0 Å². The van der Waals surface area contributed by atoms with Crippen LogP contribution in [0.25, 0.3) is 22.6 Å². The Morgan fingerprint density at radius 2 is 1.86 bits per heavy atom. The molecule has 0 atom stereocenters. The Hall–Kier alpha value is -1.23. The molecule has 108 valence electrons. The normalized spacial score (nSPS) is 11.3. The first kappa shape index (κ1) is 14.7. The predicted octanol–water partition coefficient (Wildman–Crippen LogP) is 5.76. The lowest BCUT2D eigenvalue weighted by molar-refractivity contribution is 0.618. The first-order valence-electron chi connectivity index (χ1n) is 6.19. The zero-order valence-electron chi connectivity index (χ0n) is 11.3. The molecule has 2 aromatic carbocycles. The minimum atomic E-state index is 0.410. The number of rotatable bonds is 1. The van der Waals surface area contributed by atoms with Gasteiger partial charge in [-0.25, -0.2) is 4.98 Å². The molecule has 0 unspecified atom stereocenters. The summed E-state index contributed by atoms with van der Waals surface area (Å²) in [5.41, 5.74) is 10.6. The van der Waals surface area contributed by atoms with Crippen LogP contribution in [0.15, 0.2) is 27.1 Å². The van der Waals surface area contributed by atoms with Crippen LogP contribution in [0.1, 0.15) is 11.1 Å². The molecule has 21 heavy (non-hydrogen) atoms. The number of hydrogen-bond acceptors (Lipinski definition) is 3. The van der Waals surface area contributed by atoms with E-state index in [1.807, 2.05) is 19.9 Å². The van der Waals surface area contributed by atoms with Gasteiger partial charge in [-0.15, -0.1) is 0 Å². The third-order valence-corrected chi connectivity index (χ3v) is 5.04. The Morgan fingerprint density at radius 3 is 2.57 bits per heavy atom. The fourth-order valence-corrected chi connectivity index (χ4v) is 3.15. The SMILES string of the molecule is Cc1cc2nc(-c3cc(N)c(Cl)cc3Cl)oc2c(Br)c1C. The molecular weight excluding hydrogens is 375 g/mol. The average Bonchev–Trinajstić information content (AvgIpc) is 2.84. The Labute approximate surface area is 140 Å². The van der Waals surface area contributed by atoms with Crippen LogP contribution in [-0.4, -0.2) is 4.98 Å². The summed E-state index contributed by atoms with van der Waals surface area (Å²) >= 11 is 15.7. The van der Waals surface area contributed by atoms with Crippen molar-refractivity contribution in [2.45, 2.75) is 13.8 Å². The topological polar surface area (TPSA) is 52.0 Å². The van der Waals surface area contributed by atoms with Gasteiger partial charge >= 0.3 is 0 Å². The van der Waals surface area contributed by atoms with Gasteiger partial charge in [-0.05, 0) is 59.1 Å². The molecule has 0 fully saturated rings. The van der Waals surface area contributed by atoms with Crippen molar-refractivity contribution in [2.75, 3.05) is 5.73 Å². The molecule has 0 aliphatic heterocycles. The molecule has 3 aromatic rings. The van der Waals surface area contributed by atoms with Gasteiger partial charge in [0.05, 0.1) is 25.8 Å². The molecule has 0 saturated carbocycles. The highest BCUT2D eigenvalue weighted by atomic mass is 79.9. The van der Waals surface area contributed by atoms with E-state index < -0.39 is 0 Å². The predicted molar refractivity (Wildman–Crippen MR) is 91.1 cm³/mol. The highest BCUT2D eigenvalue weighted by molar-refractivity contribution is 9.10. The average molecular weight is 386 g/mol. The zero-order valence-corrected chi connectivity index (χ0v) is 14.4. The fraction of sp³-hybridized carbons (Fsp3) is 0.133. The molecule has 0 aliphatic carbocycles. The monoisotopic (exact) mass is 384 g/mol. The van der Waals surface area contributed by atoms with Crippen LogP contribution in [-0.2, 0) is 0 Å². The molecule has 2 N–H and O–H groups in total. The van der Waals surface area contributed by atoms with Gasteiger partial charge in [-0.3, -0.25) is 0 Å². The summed E-state index contributed by atoms with van der Waals surface area (Å²) in [6.45, 7) is 4.05. The van der Waals surface area contributed by atoms with Crippen molar-refractivity contribution >= 4 is 55.9 Å². The number of fused-ring (bicyclic) bond motifs is 1. The van der Waals surface area contributed by atoms with E-state index in [4.69, 9.17) is 33.4 Å². The number of anilines is 1. The molecule has 0 aliphatic rings. The lowest BCUT2D eigenvalue weighted by Crippen LogP contribution is -1.88. The number of benzene rings is 2. The molecule has 6 heteroatoms. The number of halogens is 3. The Balaban J connectivity index is 2.27. The van der Waals surface area contributed by atoms with Gasteiger partial charge in [0.25, 0.3) is 0 Å². The van der Waals surface area contributed by atoms with Crippen LogP contribution in [0.3, 0.4) is 0 Å². The van der Waals surface area contributed by atoms with E-state index in [-0.39, 0.29) is 0 Å². The second-order valence-electron chi connectivity index (χ2n) is 4.85. The van der Waals surface area contributed by atoms with Crippen molar-refractivity contribution in [1.29, 1.82) is 0 Å². The molecule has 3 rings (SSSR count). The standard InChI is InChI=1S/C15H11BrCl2N2O/c1-6-3-12-14(13(16)7(6)2)21-15(20-12)8-4-11(19)10(18)5-9(8)17/h3-5H,19H2,1-2H3. The number of aryl methyl sites for hydroxylation is 1. The van der Waals surface area contributed by atoms with E-state index in [2.05, 4.69) is 20.9 Å². The summed E-state index contributed by atoms with van der Waals surface area (Å²) in [6, 6.07) is 5.24. The lowest BCUT2D eigenvalue weighted by atomic mass is 10.1. The number of nitrogen functional groups attached to an aromatic ring is 1. The number of nitrogens with two attached hydrogens (primary N) is 1. The summed E-state index contributed by atoms with van der Waals surface area (Å²) in [6.07, 6.45) is 0. The number of aromatic nitrogens is 1. The van der Waals surface area contributed by atoms with E-state index in [0.717, 1.165) is 21.1 Å². The van der Waals surface area contributed by atoms with Crippen LogP contribution < -0.4 is 5.73 Å². The molecule has 1 heterocycles. The third kappa shape index (κ3) is 2.41. The smallest absolute Gasteiger partial charge is 0.228 e. The van der Waals surface area contributed by atoms with Crippen molar-refractivity contribution in [1.82, 2.24) is 4.98 Å². The quantitative estimate of drug-likeness (QED) is 0.541. The first-order chi connectivity index (χ1) is 9.88. The molecular formula is C15H11BrCl2N2O. The lowest BCUT2D eigenvalue weighted by Gasteiger charge is -2.03. The highest BCUT2D eigenvalue weighted by Crippen LogP contribution is 2.37. The summed E-state index contributed by atoms with van der Waals surface area (Å²) in [5.74, 6) is 0.420. The van der Waals surface area contributed by atoms with Crippen LogP contribution in [0.2, 0.25) is 10.0 Å². The summed E-state index contributed by atoms with van der Waals surface area (Å²) < 4.78 is 6.75. The van der Waals surface area contributed by atoms with E-state index >= 15 is 0 Å². The van der Waals surface area contributed by atoms with Crippen LogP contribution in [0.4, 0.5) is 5.69 Å². The van der Waals surface area contributed by atoms with Gasteiger partial charge in [0.15, 0.2) is 5.58 Å². The molecule has 0 saturated heterocycles. The molecule has 0 bridgehead atoms. The minimum absolute atomic E-state index is 0.410. The second-order valence-corrected chi connectivity index (χ2v) is 6.46. The van der Waals surface area contributed by atoms with Gasteiger partial charge in [0.1, 0.15) is 5.52 Å². The molecule has 0 spiro atoms. The fourth-order valence-electron chi connectivity index (χ4n) is 2.09. The maximum absolute atomic E-state index is 6.21. The maximum atomic E-state index is 6.21.